The van der Waals surface area contributed by atoms with Gasteiger partial charge in [-0.1, -0.05) is 152 Å². The highest BCUT2D eigenvalue weighted by atomic mass is 15.3. The third-order valence-electron chi connectivity index (χ3n) is 14.8. The molecule has 0 atom stereocenters. The molecule has 0 radical (unpaired) electrons. The largest absolute Gasteiger partial charge is 0.341 e. The molecule has 4 nitrogen and oxygen atoms in total. The molecular weight excluding hydrogens is 849 g/mol. The van der Waals surface area contributed by atoms with Gasteiger partial charge in [-0.05, 0) is 167 Å². The van der Waals surface area contributed by atoms with E-state index in [-0.39, 0.29) is 0 Å². The average molecular weight is 895 g/mol. The normalized spacial score (nSPS) is 12.9. The van der Waals surface area contributed by atoms with Gasteiger partial charge in [0.2, 0.25) is 0 Å². The van der Waals surface area contributed by atoms with Gasteiger partial charge in [0.15, 0.2) is 0 Å². The quantitative estimate of drug-likeness (QED) is 0.160. The van der Waals surface area contributed by atoms with Gasteiger partial charge in [0.25, 0.3) is 0 Å². The van der Waals surface area contributed by atoms with E-state index in [2.05, 4.69) is 276 Å². The summed E-state index contributed by atoms with van der Waals surface area (Å²) in [6, 6.07) is 89.7. The lowest BCUT2D eigenvalue weighted by molar-refractivity contribution is 1.13. The van der Waals surface area contributed by atoms with Crippen molar-refractivity contribution in [1.82, 2.24) is 0 Å². The van der Waals surface area contributed by atoms with Crippen molar-refractivity contribution < 1.29 is 0 Å². The van der Waals surface area contributed by atoms with E-state index in [4.69, 9.17) is 0 Å². The van der Waals surface area contributed by atoms with Crippen molar-refractivity contribution in [1.29, 1.82) is 0 Å². The molecule has 0 spiro atoms. The van der Waals surface area contributed by atoms with Crippen LogP contribution in [0.1, 0.15) is 0 Å². The summed E-state index contributed by atoms with van der Waals surface area (Å²) in [5.41, 5.74) is 18.7. The van der Waals surface area contributed by atoms with Crippen molar-refractivity contribution >= 4 is 100.0 Å². The number of benzene rings is 12. The zero-order valence-electron chi connectivity index (χ0n) is 38.9. The van der Waals surface area contributed by atoms with Crippen LogP contribution in [0.3, 0.4) is 0 Å². The highest BCUT2D eigenvalue weighted by Crippen LogP contribution is 2.55. The van der Waals surface area contributed by atoms with Crippen LogP contribution < -0.4 is 19.6 Å². The van der Waals surface area contributed by atoms with Crippen LogP contribution >= 0.6 is 0 Å². The van der Waals surface area contributed by atoms with Gasteiger partial charge in [-0.2, -0.15) is 0 Å². The lowest BCUT2D eigenvalue weighted by Crippen LogP contribution is -2.24. The van der Waals surface area contributed by atoms with E-state index in [9.17, 15) is 0 Å². The van der Waals surface area contributed by atoms with Crippen LogP contribution in [0.15, 0.2) is 243 Å². The van der Waals surface area contributed by atoms with Crippen molar-refractivity contribution in [3.05, 3.63) is 243 Å². The summed E-state index contributed by atoms with van der Waals surface area (Å²) >= 11 is 0. The first-order valence-electron chi connectivity index (χ1n) is 24.1. The van der Waals surface area contributed by atoms with Crippen molar-refractivity contribution in [2.24, 2.45) is 0 Å². The van der Waals surface area contributed by atoms with Gasteiger partial charge >= 0.3 is 0 Å². The standard InChI is InChI=1S/C66H46N4/c1-67-57-20-8-12-24-61(57)69(62-25-13-9-21-58(62)67)51-35-37-54-55(41-51)65(49-32-28-44-18-6-7-19-45(44)39-49)53-36-34-52(70-63-26-14-10-22-59(63)68(2)60-23-11-15-27-64(60)70)42-56(53)66(54)50-33-31-47-38-46(29-30-48(47)40-50)43-16-4-3-5-17-43/h3-42H,1-2H3. The highest BCUT2D eigenvalue weighted by Gasteiger charge is 2.30. The second-order valence-electron chi connectivity index (χ2n) is 18.7. The highest BCUT2D eigenvalue weighted by molar-refractivity contribution is 6.24. The second-order valence-corrected chi connectivity index (χ2v) is 18.7. The van der Waals surface area contributed by atoms with Crippen LogP contribution in [0.4, 0.5) is 56.9 Å². The van der Waals surface area contributed by atoms with Crippen LogP contribution in [-0.4, -0.2) is 14.1 Å². The fourth-order valence-electron chi connectivity index (χ4n) is 11.5. The number of nitrogens with zero attached hydrogens (tertiary/aromatic N) is 4. The van der Waals surface area contributed by atoms with Gasteiger partial charge in [-0.25, -0.2) is 0 Å². The molecule has 2 aliphatic heterocycles. The summed E-state index contributed by atoms with van der Waals surface area (Å²) in [6.07, 6.45) is 0. The van der Waals surface area contributed by atoms with Crippen LogP contribution in [0, 0.1) is 0 Å². The summed E-state index contributed by atoms with van der Waals surface area (Å²) in [4.78, 5) is 9.52. The summed E-state index contributed by atoms with van der Waals surface area (Å²) in [5.74, 6) is 0. The Hall–Kier alpha value is -9.12. The van der Waals surface area contributed by atoms with Crippen LogP contribution in [-0.2, 0) is 0 Å². The minimum absolute atomic E-state index is 1.11. The van der Waals surface area contributed by atoms with E-state index in [0.717, 1.165) is 34.1 Å². The monoisotopic (exact) mass is 894 g/mol. The first kappa shape index (κ1) is 40.0. The smallest absolute Gasteiger partial charge is 0.0699 e. The third-order valence-corrected chi connectivity index (χ3v) is 14.8. The van der Waals surface area contributed by atoms with Crippen molar-refractivity contribution in [3.63, 3.8) is 0 Å². The van der Waals surface area contributed by atoms with Gasteiger partial charge < -0.3 is 19.6 Å². The molecule has 2 heterocycles. The number of fused-ring (bicyclic) bond motifs is 8. The Balaban J connectivity index is 1.08. The predicted octanol–water partition coefficient (Wildman–Crippen LogP) is 18.4. The molecule has 0 N–H and O–H groups in total. The summed E-state index contributed by atoms with van der Waals surface area (Å²) in [7, 11) is 4.34. The van der Waals surface area contributed by atoms with E-state index in [1.54, 1.807) is 0 Å². The Kier molecular flexibility index (Phi) is 8.99. The van der Waals surface area contributed by atoms with Crippen LogP contribution in [0.5, 0.6) is 0 Å². The lowest BCUT2D eigenvalue weighted by atomic mass is 9.84. The number of hydrogen-bond acceptors (Lipinski definition) is 4. The topological polar surface area (TPSA) is 13.0 Å². The van der Waals surface area contributed by atoms with E-state index in [0.29, 0.717) is 0 Å². The Morgan fingerprint density at radius 2 is 0.571 bits per heavy atom. The van der Waals surface area contributed by atoms with Gasteiger partial charge in [0.1, 0.15) is 0 Å². The van der Waals surface area contributed by atoms with E-state index in [1.807, 2.05) is 0 Å². The zero-order chi connectivity index (χ0) is 46.5. The van der Waals surface area contributed by atoms with Crippen molar-refractivity contribution in [2.45, 2.75) is 0 Å². The Morgan fingerprint density at radius 3 is 1.03 bits per heavy atom. The Morgan fingerprint density at radius 1 is 0.229 bits per heavy atom. The SMILES string of the molecule is CN1c2ccccc2N(c2ccc3c(-c4ccc5cc(-c6ccccc6)ccc5c4)c4cc(N5c6ccccc6N(C)c6ccccc65)ccc4c(-c4ccc5ccccc5c4)c3c2)c2ccccc21. The van der Waals surface area contributed by atoms with Crippen molar-refractivity contribution in [2.75, 3.05) is 33.7 Å². The molecular formula is C66H46N4. The van der Waals surface area contributed by atoms with Crippen molar-refractivity contribution in [3.8, 4) is 33.4 Å². The number of anilines is 10. The molecule has 0 aliphatic carbocycles. The molecule has 0 unspecified atom stereocenters. The molecule has 2 aliphatic rings. The number of rotatable bonds is 5. The second kappa shape index (κ2) is 15.7. The summed E-state index contributed by atoms with van der Waals surface area (Å²) < 4.78 is 0. The van der Waals surface area contributed by atoms with Gasteiger partial charge in [-0.15, -0.1) is 0 Å². The average Bonchev–Trinajstić information content (AvgIpc) is 3.42. The van der Waals surface area contributed by atoms with E-state index >= 15 is 0 Å². The zero-order valence-corrected chi connectivity index (χ0v) is 38.9. The van der Waals surface area contributed by atoms with Gasteiger partial charge in [0, 0.05) is 25.5 Å². The molecule has 12 aromatic rings. The Labute approximate surface area is 407 Å². The molecule has 0 amide bonds. The first-order chi connectivity index (χ1) is 34.6. The molecule has 0 fully saturated rings. The molecule has 12 aromatic carbocycles. The van der Waals surface area contributed by atoms with E-state index < -0.39 is 0 Å². The first-order valence-corrected chi connectivity index (χ1v) is 24.1. The maximum atomic E-state index is 2.46. The fourth-order valence-corrected chi connectivity index (χ4v) is 11.5. The van der Waals surface area contributed by atoms with Crippen LogP contribution in [0.2, 0.25) is 0 Å². The molecule has 0 saturated heterocycles. The van der Waals surface area contributed by atoms with E-state index in [1.165, 1.54) is 99.2 Å². The van der Waals surface area contributed by atoms with Crippen LogP contribution in [0.25, 0.3) is 76.5 Å². The summed E-state index contributed by atoms with van der Waals surface area (Å²) in [6.45, 7) is 0. The molecule has 70 heavy (non-hydrogen) atoms. The maximum absolute atomic E-state index is 2.46. The van der Waals surface area contributed by atoms with Gasteiger partial charge in [0.05, 0.1) is 45.5 Å². The third kappa shape index (κ3) is 6.16. The molecule has 4 heteroatoms. The molecule has 0 bridgehead atoms. The van der Waals surface area contributed by atoms with Gasteiger partial charge in [-0.3, -0.25) is 0 Å². The molecule has 14 rings (SSSR count). The molecule has 330 valence electrons. The predicted molar refractivity (Wildman–Crippen MR) is 298 cm³/mol. The Bertz CT molecular complexity index is 3990. The molecule has 0 saturated carbocycles. The minimum Gasteiger partial charge on any atom is -0.341 e. The minimum atomic E-state index is 1.11. The number of para-hydroxylation sites is 8. The number of hydrogen-bond donors (Lipinski definition) is 0. The summed E-state index contributed by atoms with van der Waals surface area (Å²) in [5, 5.41) is 9.67. The lowest BCUT2D eigenvalue weighted by Gasteiger charge is -2.39. The maximum Gasteiger partial charge on any atom is 0.0699 e. The fraction of sp³-hybridized carbons (Fsp3) is 0.0303. The molecule has 0 aromatic heterocycles.